The quantitative estimate of drug-likeness (QED) is 0.679. The van der Waals surface area contributed by atoms with E-state index in [2.05, 4.69) is 15.1 Å². The molecule has 0 bridgehead atoms. The smallest absolute Gasteiger partial charge is 0.256 e. The van der Waals surface area contributed by atoms with Crippen LogP contribution < -0.4 is 4.74 Å². The summed E-state index contributed by atoms with van der Waals surface area (Å²) >= 11 is 0. The van der Waals surface area contributed by atoms with Gasteiger partial charge in [-0.1, -0.05) is 0 Å². The van der Waals surface area contributed by atoms with Crippen molar-refractivity contribution in [3.63, 3.8) is 0 Å². The molecule has 4 rings (SSSR count). The molecular formula is C20H20FN5O2. The van der Waals surface area contributed by atoms with Crippen LogP contribution in [-0.4, -0.2) is 51.8 Å². The molecule has 144 valence electrons. The Bertz CT molecular complexity index is 1040. The number of rotatable bonds is 5. The molecule has 1 aliphatic carbocycles. The lowest BCUT2D eigenvalue weighted by molar-refractivity contribution is 0.0826. The lowest BCUT2D eigenvalue weighted by atomic mass is 10.1. The molecule has 0 unspecified atom stereocenters. The Morgan fingerprint density at radius 3 is 2.71 bits per heavy atom. The molecule has 0 spiro atoms. The SMILES string of the molecule is COc1ccc(-c2ccnc(-n3ncc(C(=O)N(C)C)c3C3CC3)n2)cc1F. The minimum atomic E-state index is -0.461. The maximum absolute atomic E-state index is 14.1. The molecule has 28 heavy (non-hydrogen) atoms. The topological polar surface area (TPSA) is 73.1 Å². The number of hydrogen-bond acceptors (Lipinski definition) is 5. The van der Waals surface area contributed by atoms with Crippen LogP contribution in [0.5, 0.6) is 5.75 Å². The Hall–Kier alpha value is -3.29. The predicted octanol–water partition coefficient (Wildman–Crippen LogP) is 3.06. The van der Waals surface area contributed by atoms with Gasteiger partial charge >= 0.3 is 0 Å². The largest absolute Gasteiger partial charge is 0.494 e. The van der Waals surface area contributed by atoms with Crippen LogP contribution in [-0.2, 0) is 0 Å². The fraction of sp³-hybridized carbons (Fsp3) is 0.300. The van der Waals surface area contributed by atoms with Crippen molar-refractivity contribution in [1.29, 1.82) is 0 Å². The molecule has 0 N–H and O–H groups in total. The minimum absolute atomic E-state index is 0.0958. The molecule has 8 heteroatoms. The third-order valence-corrected chi connectivity index (χ3v) is 4.69. The average molecular weight is 381 g/mol. The number of benzene rings is 1. The number of carbonyl (C=O) groups excluding carboxylic acids is 1. The number of hydrogen-bond donors (Lipinski definition) is 0. The van der Waals surface area contributed by atoms with Gasteiger partial charge in [-0.2, -0.15) is 5.10 Å². The Morgan fingerprint density at radius 2 is 2.07 bits per heavy atom. The predicted molar refractivity (Wildman–Crippen MR) is 101 cm³/mol. The van der Waals surface area contributed by atoms with Crippen LogP contribution in [0.2, 0.25) is 0 Å². The van der Waals surface area contributed by atoms with Crippen molar-refractivity contribution in [2.75, 3.05) is 21.2 Å². The van der Waals surface area contributed by atoms with E-state index in [1.807, 2.05) is 0 Å². The summed E-state index contributed by atoms with van der Waals surface area (Å²) in [6.45, 7) is 0. The number of aromatic nitrogens is 4. The van der Waals surface area contributed by atoms with E-state index in [0.29, 0.717) is 22.8 Å². The summed E-state index contributed by atoms with van der Waals surface area (Å²) in [6.07, 6.45) is 5.18. The number of carbonyl (C=O) groups is 1. The van der Waals surface area contributed by atoms with Gasteiger partial charge in [0, 0.05) is 31.8 Å². The van der Waals surface area contributed by atoms with Gasteiger partial charge < -0.3 is 9.64 Å². The molecule has 1 amide bonds. The van der Waals surface area contributed by atoms with E-state index < -0.39 is 5.82 Å². The Morgan fingerprint density at radius 1 is 1.29 bits per heavy atom. The molecule has 1 aliphatic rings. The van der Waals surface area contributed by atoms with Crippen LogP contribution in [0.1, 0.15) is 34.8 Å². The van der Waals surface area contributed by atoms with Gasteiger partial charge in [0.05, 0.1) is 30.3 Å². The lowest BCUT2D eigenvalue weighted by Crippen LogP contribution is -2.22. The lowest BCUT2D eigenvalue weighted by Gasteiger charge is -2.12. The number of amides is 1. The van der Waals surface area contributed by atoms with Crippen LogP contribution in [0, 0.1) is 5.82 Å². The standard InChI is InChI=1S/C20H20FN5O2/c1-25(2)19(27)14-11-23-26(18(14)12-4-5-12)20-22-9-8-16(24-20)13-6-7-17(28-3)15(21)10-13/h6-12H,4-5H2,1-3H3. The van der Waals surface area contributed by atoms with Gasteiger partial charge in [0.25, 0.3) is 11.9 Å². The van der Waals surface area contributed by atoms with Crippen LogP contribution in [0.15, 0.2) is 36.7 Å². The van der Waals surface area contributed by atoms with E-state index in [4.69, 9.17) is 4.74 Å². The van der Waals surface area contributed by atoms with E-state index in [-0.39, 0.29) is 17.6 Å². The van der Waals surface area contributed by atoms with Gasteiger partial charge in [-0.05, 0) is 37.1 Å². The monoisotopic (exact) mass is 381 g/mol. The van der Waals surface area contributed by atoms with Gasteiger partial charge in [0.1, 0.15) is 0 Å². The van der Waals surface area contributed by atoms with Crippen LogP contribution in [0.25, 0.3) is 17.2 Å². The van der Waals surface area contributed by atoms with Crippen molar-refractivity contribution in [3.05, 3.63) is 53.7 Å². The summed E-state index contributed by atoms with van der Waals surface area (Å²) in [4.78, 5) is 22.9. The highest BCUT2D eigenvalue weighted by molar-refractivity contribution is 5.95. The molecule has 0 radical (unpaired) electrons. The molecule has 3 aromatic rings. The molecule has 0 atom stereocenters. The highest BCUT2D eigenvalue weighted by atomic mass is 19.1. The van der Waals surface area contributed by atoms with Gasteiger partial charge in [0.15, 0.2) is 11.6 Å². The minimum Gasteiger partial charge on any atom is -0.494 e. The Balaban J connectivity index is 1.76. The van der Waals surface area contributed by atoms with E-state index in [1.165, 1.54) is 18.1 Å². The van der Waals surface area contributed by atoms with Crippen molar-refractivity contribution < 1.29 is 13.9 Å². The molecule has 2 aromatic heterocycles. The number of halogens is 1. The Kier molecular flexibility index (Phi) is 4.54. The fourth-order valence-corrected chi connectivity index (χ4v) is 3.11. The third kappa shape index (κ3) is 3.21. The van der Waals surface area contributed by atoms with E-state index in [1.54, 1.807) is 49.4 Å². The van der Waals surface area contributed by atoms with Gasteiger partial charge in [-0.3, -0.25) is 4.79 Å². The second-order valence-electron chi connectivity index (χ2n) is 6.92. The second-order valence-corrected chi connectivity index (χ2v) is 6.92. The van der Waals surface area contributed by atoms with Crippen molar-refractivity contribution >= 4 is 5.91 Å². The molecule has 1 aromatic carbocycles. The van der Waals surface area contributed by atoms with Gasteiger partial charge in [-0.15, -0.1) is 0 Å². The molecule has 1 saturated carbocycles. The summed E-state index contributed by atoms with van der Waals surface area (Å²) in [5.74, 6) is 0.242. The zero-order chi connectivity index (χ0) is 19.8. The first-order chi connectivity index (χ1) is 13.5. The molecule has 2 heterocycles. The molecule has 1 fully saturated rings. The van der Waals surface area contributed by atoms with Gasteiger partial charge in [0.2, 0.25) is 0 Å². The maximum Gasteiger partial charge on any atom is 0.256 e. The van der Waals surface area contributed by atoms with Crippen molar-refractivity contribution in [2.45, 2.75) is 18.8 Å². The second kappa shape index (κ2) is 7.03. The summed E-state index contributed by atoms with van der Waals surface area (Å²) in [6, 6.07) is 6.37. The highest BCUT2D eigenvalue weighted by Crippen LogP contribution is 2.42. The molecular weight excluding hydrogens is 361 g/mol. The van der Waals surface area contributed by atoms with E-state index in [0.717, 1.165) is 18.5 Å². The first-order valence-electron chi connectivity index (χ1n) is 8.96. The first-order valence-corrected chi connectivity index (χ1v) is 8.96. The van der Waals surface area contributed by atoms with Crippen molar-refractivity contribution in [2.24, 2.45) is 0 Å². The van der Waals surface area contributed by atoms with Gasteiger partial charge in [-0.25, -0.2) is 19.0 Å². The maximum atomic E-state index is 14.1. The van der Waals surface area contributed by atoms with Crippen molar-refractivity contribution in [1.82, 2.24) is 24.6 Å². The number of nitrogens with zero attached hydrogens (tertiary/aromatic N) is 5. The molecule has 0 aliphatic heterocycles. The zero-order valence-electron chi connectivity index (χ0n) is 15.9. The summed E-state index contributed by atoms with van der Waals surface area (Å²) in [7, 11) is 4.85. The highest BCUT2D eigenvalue weighted by Gasteiger charge is 2.34. The molecule has 0 saturated heterocycles. The fourth-order valence-electron chi connectivity index (χ4n) is 3.11. The summed E-state index contributed by atoms with van der Waals surface area (Å²) < 4.78 is 20.7. The summed E-state index contributed by atoms with van der Waals surface area (Å²) in [5, 5.41) is 4.38. The average Bonchev–Trinajstić information content (AvgIpc) is 3.45. The van der Waals surface area contributed by atoms with E-state index >= 15 is 0 Å². The normalized spacial score (nSPS) is 13.4. The first kappa shape index (κ1) is 18.1. The number of ether oxygens (including phenoxy) is 1. The number of methoxy groups -OCH3 is 1. The van der Waals surface area contributed by atoms with Crippen LogP contribution in [0.3, 0.4) is 0 Å². The van der Waals surface area contributed by atoms with Crippen LogP contribution in [0.4, 0.5) is 4.39 Å². The third-order valence-electron chi connectivity index (χ3n) is 4.69. The van der Waals surface area contributed by atoms with E-state index in [9.17, 15) is 9.18 Å². The summed E-state index contributed by atoms with van der Waals surface area (Å²) in [5.41, 5.74) is 2.56. The van der Waals surface area contributed by atoms with Crippen LogP contribution >= 0.6 is 0 Å². The molecule has 7 nitrogen and oxygen atoms in total. The Labute approximate surface area is 161 Å². The zero-order valence-corrected chi connectivity index (χ0v) is 15.9. The van der Waals surface area contributed by atoms with Crippen molar-refractivity contribution in [3.8, 4) is 23.0 Å².